The summed E-state index contributed by atoms with van der Waals surface area (Å²) in [6.07, 6.45) is 0.227. The predicted octanol–water partition coefficient (Wildman–Crippen LogP) is 4.11. The van der Waals surface area contributed by atoms with Crippen LogP contribution in [0.4, 0.5) is 13.2 Å². The average molecular weight is 330 g/mol. The summed E-state index contributed by atoms with van der Waals surface area (Å²) < 4.78 is 39.9. The summed E-state index contributed by atoms with van der Waals surface area (Å²) in [7, 11) is 0. The first kappa shape index (κ1) is 14.1. The maximum Gasteiger partial charge on any atom is 0.126 e. The first-order valence-electron chi connectivity index (χ1n) is 5.60. The summed E-state index contributed by atoms with van der Waals surface area (Å²) in [5, 5.41) is 0. The SMILES string of the molecule is NC(Cc1cc(F)cc(F)c1)c1cc(F)cc(Br)c1. The molecule has 2 N–H and O–H groups in total. The maximum absolute atomic E-state index is 13.2. The van der Waals surface area contributed by atoms with Crippen LogP contribution >= 0.6 is 15.9 Å². The topological polar surface area (TPSA) is 26.0 Å². The molecule has 1 nitrogen and oxygen atoms in total. The lowest BCUT2D eigenvalue weighted by atomic mass is 9.99. The minimum atomic E-state index is -0.650. The van der Waals surface area contributed by atoms with Crippen molar-refractivity contribution >= 4 is 15.9 Å². The second-order valence-electron chi connectivity index (χ2n) is 4.29. The van der Waals surface area contributed by atoms with Crippen molar-refractivity contribution in [3.8, 4) is 0 Å². The molecule has 2 aromatic rings. The number of rotatable bonds is 3. The quantitative estimate of drug-likeness (QED) is 0.901. The van der Waals surface area contributed by atoms with Gasteiger partial charge in [0.1, 0.15) is 17.5 Å². The Bertz CT molecular complexity index is 561. The van der Waals surface area contributed by atoms with Crippen molar-refractivity contribution in [2.45, 2.75) is 12.5 Å². The number of benzene rings is 2. The van der Waals surface area contributed by atoms with Crippen LogP contribution in [-0.4, -0.2) is 0 Å². The highest BCUT2D eigenvalue weighted by Gasteiger charge is 2.11. The van der Waals surface area contributed by atoms with Crippen molar-refractivity contribution in [3.05, 3.63) is 69.4 Å². The molecule has 0 aromatic heterocycles. The van der Waals surface area contributed by atoms with E-state index in [1.54, 1.807) is 6.07 Å². The van der Waals surface area contributed by atoms with Gasteiger partial charge in [0.05, 0.1) is 0 Å². The molecule has 0 spiro atoms. The third kappa shape index (κ3) is 3.81. The van der Waals surface area contributed by atoms with Gasteiger partial charge >= 0.3 is 0 Å². The molecule has 0 bridgehead atoms. The van der Waals surface area contributed by atoms with Crippen LogP contribution in [0.3, 0.4) is 0 Å². The molecule has 2 aromatic carbocycles. The van der Waals surface area contributed by atoms with Gasteiger partial charge in [-0.05, 0) is 47.9 Å². The first-order valence-corrected chi connectivity index (χ1v) is 6.40. The van der Waals surface area contributed by atoms with Gasteiger partial charge < -0.3 is 5.73 Å². The van der Waals surface area contributed by atoms with E-state index >= 15 is 0 Å². The van der Waals surface area contributed by atoms with Gasteiger partial charge in [-0.25, -0.2) is 13.2 Å². The zero-order valence-electron chi connectivity index (χ0n) is 9.84. The Morgan fingerprint density at radius 2 is 1.47 bits per heavy atom. The van der Waals surface area contributed by atoms with Gasteiger partial charge in [0.2, 0.25) is 0 Å². The van der Waals surface area contributed by atoms with E-state index in [0.29, 0.717) is 15.6 Å². The molecule has 0 saturated heterocycles. The summed E-state index contributed by atoms with van der Waals surface area (Å²) in [5.74, 6) is -1.71. The van der Waals surface area contributed by atoms with Crippen LogP contribution in [-0.2, 0) is 6.42 Å². The highest BCUT2D eigenvalue weighted by atomic mass is 79.9. The van der Waals surface area contributed by atoms with Gasteiger partial charge in [-0.1, -0.05) is 15.9 Å². The van der Waals surface area contributed by atoms with Gasteiger partial charge in [0.15, 0.2) is 0 Å². The van der Waals surface area contributed by atoms with Crippen molar-refractivity contribution < 1.29 is 13.2 Å². The van der Waals surface area contributed by atoms with Crippen LogP contribution < -0.4 is 5.73 Å². The fraction of sp³-hybridized carbons (Fsp3) is 0.143. The molecule has 0 aliphatic carbocycles. The van der Waals surface area contributed by atoms with Crippen LogP contribution in [0, 0.1) is 17.5 Å². The molecule has 0 saturated carbocycles. The fourth-order valence-corrected chi connectivity index (χ4v) is 2.37. The summed E-state index contributed by atoms with van der Waals surface area (Å²) in [5.41, 5.74) is 6.93. The minimum absolute atomic E-state index is 0.227. The van der Waals surface area contributed by atoms with Gasteiger partial charge in [-0.3, -0.25) is 0 Å². The number of halogens is 4. The van der Waals surface area contributed by atoms with Gasteiger partial charge in [-0.2, -0.15) is 0 Å². The van der Waals surface area contributed by atoms with E-state index < -0.39 is 23.5 Å². The molecule has 5 heteroatoms. The zero-order valence-corrected chi connectivity index (χ0v) is 11.4. The third-order valence-corrected chi connectivity index (χ3v) is 3.15. The monoisotopic (exact) mass is 329 g/mol. The Morgan fingerprint density at radius 3 is 2.05 bits per heavy atom. The Morgan fingerprint density at radius 1 is 0.895 bits per heavy atom. The minimum Gasteiger partial charge on any atom is -0.324 e. The Kier molecular flexibility index (Phi) is 4.27. The molecule has 2 rings (SSSR count). The van der Waals surface area contributed by atoms with E-state index in [1.807, 2.05) is 0 Å². The average Bonchev–Trinajstić information content (AvgIpc) is 2.25. The van der Waals surface area contributed by atoms with E-state index in [0.717, 1.165) is 6.07 Å². The van der Waals surface area contributed by atoms with Crippen LogP contribution in [0.25, 0.3) is 0 Å². The van der Waals surface area contributed by atoms with Crippen LogP contribution in [0.1, 0.15) is 17.2 Å². The van der Waals surface area contributed by atoms with Crippen molar-refractivity contribution in [1.82, 2.24) is 0 Å². The molecule has 0 amide bonds. The zero-order chi connectivity index (χ0) is 14.0. The largest absolute Gasteiger partial charge is 0.324 e. The molecule has 1 atom stereocenters. The number of hydrogen-bond donors (Lipinski definition) is 1. The van der Waals surface area contributed by atoms with Crippen LogP contribution in [0.15, 0.2) is 40.9 Å². The molecule has 0 fully saturated rings. The number of hydrogen-bond acceptors (Lipinski definition) is 1. The lowest BCUT2D eigenvalue weighted by Gasteiger charge is -2.13. The smallest absolute Gasteiger partial charge is 0.126 e. The molecule has 1 unspecified atom stereocenters. The summed E-state index contributed by atoms with van der Waals surface area (Å²) in [4.78, 5) is 0. The van der Waals surface area contributed by atoms with Gasteiger partial charge in [0.25, 0.3) is 0 Å². The lowest BCUT2D eigenvalue weighted by Crippen LogP contribution is -2.14. The fourth-order valence-electron chi connectivity index (χ4n) is 1.89. The van der Waals surface area contributed by atoms with E-state index in [1.165, 1.54) is 24.3 Å². The highest BCUT2D eigenvalue weighted by molar-refractivity contribution is 9.10. The van der Waals surface area contributed by atoms with E-state index in [4.69, 9.17) is 5.73 Å². The molecule has 0 heterocycles. The van der Waals surface area contributed by atoms with Crippen molar-refractivity contribution in [1.29, 1.82) is 0 Å². The van der Waals surface area contributed by atoms with Gasteiger partial charge in [-0.15, -0.1) is 0 Å². The van der Waals surface area contributed by atoms with Crippen LogP contribution in [0.5, 0.6) is 0 Å². The lowest BCUT2D eigenvalue weighted by molar-refractivity contribution is 0.575. The standard InChI is InChI=1S/C14H11BrF3N/c15-10-4-9(5-13(18)6-10)14(19)3-8-1-11(16)7-12(17)2-8/h1-2,4-7,14H,3,19H2. The van der Waals surface area contributed by atoms with Crippen molar-refractivity contribution in [2.75, 3.05) is 0 Å². The Hall–Kier alpha value is -1.33. The normalized spacial score (nSPS) is 12.5. The molecule has 0 aliphatic heterocycles. The Balaban J connectivity index is 2.22. The first-order chi connectivity index (χ1) is 8.94. The third-order valence-electron chi connectivity index (χ3n) is 2.69. The Labute approximate surface area is 117 Å². The molecular formula is C14H11BrF3N. The van der Waals surface area contributed by atoms with E-state index in [-0.39, 0.29) is 6.42 Å². The van der Waals surface area contributed by atoms with Crippen LogP contribution in [0.2, 0.25) is 0 Å². The predicted molar refractivity (Wildman–Crippen MR) is 71.1 cm³/mol. The molecule has 0 radical (unpaired) electrons. The van der Waals surface area contributed by atoms with Crippen molar-refractivity contribution in [3.63, 3.8) is 0 Å². The highest BCUT2D eigenvalue weighted by Crippen LogP contribution is 2.22. The van der Waals surface area contributed by atoms with Gasteiger partial charge in [0, 0.05) is 16.6 Å². The molecule has 0 aliphatic rings. The van der Waals surface area contributed by atoms with E-state index in [9.17, 15) is 13.2 Å². The summed E-state index contributed by atoms with van der Waals surface area (Å²) in [6.45, 7) is 0. The van der Waals surface area contributed by atoms with E-state index in [2.05, 4.69) is 15.9 Å². The second-order valence-corrected chi connectivity index (χ2v) is 5.21. The molecule has 100 valence electrons. The molecular weight excluding hydrogens is 319 g/mol. The summed E-state index contributed by atoms with van der Waals surface area (Å²) >= 11 is 3.17. The second kappa shape index (κ2) is 5.75. The molecule has 19 heavy (non-hydrogen) atoms. The summed E-state index contributed by atoms with van der Waals surface area (Å²) in [6, 6.07) is 7.02. The van der Waals surface area contributed by atoms with Crippen molar-refractivity contribution in [2.24, 2.45) is 5.73 Å². The number of nitrogens with two attached hydrogens (primary N) is 1. The maximum atomic E-state index is 13.2.